The number of benzene rings is 1. The van der Waals surface area contributed by atoms with Crippen LogP contribution in [0, 0.1) is 5.82 Å². The van der Waals surface area contributed by atoms with Gasteiger partial charge >= 0.3 is 0 Å². The molecule has 10 heteroatoms. The van der Waals surface area contributed by atoms with Gasteiger partial charge in [-0.25, -0.2) is 12.8 Å². The Labute approximate surface area is 158 Å². The first-order valence-corrected chi connectivity index (χ1v) is 11.1. The number of sulfone groups is 1. The predicted molar refractivity (Wildman–Crippen MR) is 101 cm³/mol. The molecule has 2 atom stereocenters. The van der Waals surface area contributed by atoms with Crippen molar-refractivity contribution in [2.24, 2.45) is 4.99 Å². The number of hydrogen-bond donors (Lipinski definition) is 0. The van der Waals surface area contributed by atoms with E-state index < -0.39 is 27.7 Å². The molecule has 1 amide bonds. The lowest BCUT2D eigenvalue weighted by atomic mass is 10.1. The van der Waals surface area contributed by atoms with Gasteiger partial charge in [0.05, 0.1) is 35.0 Å². The maximum absolute atomic E-state index is 14.5. The standard InChI is InChI=1S/C15H17BrFN3O3S2/c1-19(2)14(21)6-24-15-18-11-7-25(22,23)8-13(11)20(15)12-4-3-9(16)5-10(12)17/h3-5,11,13H,6-8H2,1-2H3/t11-,13-/m1/s1. The van der Waals surface area contributed by atoms with Crippen LogP contribution in [0.25, 0.3) is 0 Å². The van der Waals surface area contributed by atoms with Crippen molar-refractivity contribution in [3.63, 3.8) is 0 Å². The van der Waals surface area contributed by atoms with Gasteiger partial charge < -0.3 is 9.80 Å². The number of rotatable bonds is 3. The van der Waals surface area contributed by atoms with Gasteiger partial charge in [-0.05, 0) is 18.2 Å². The van der Waals surface area contributed by atoms with Gasteiger partial charge in [-0.2, -0.15) is 0 Å². The van der Waals surface area contributed by atoms with Crippen LogP contribution in [0.15, 0.2) is 27.7 Å². The molecule has 0 aliphatic carbocycles. The zero-order valence-corrected chi connectivity index (χ0v) is 16.9. The van der Waals surface area contributed by atoms with Crippen LogP contribution in [0.3, 0.4) is 0 Å². The first-order chi connectivity index (χ1) is 11.7. The molecular weight excluding hydrogens is 433 g/mol. The number of hydrogen-bond acceptors (Lipinski definition) is 6. The van der Waals surface area contributed by atoms with Crippen LogP contribution in [0.1, 0.15) is 0 Å². The van der Waals surface area contributed by atoms with E-state index in [2.05, 4.69) is 20.9 Å². The van der Waals surface area contributed by atoms with Gasteiger partial charge in [0.2, 0.25) is 5.91 Å². The third-order valence-electron chi connectivity index (χ3n) is 4.10. The molecule has 0 bridgehead atoms. The maximum Gasteiger partial charge on any atom is 0.232 e. The number of anilines is 1. The topological polar surface area (TPSA) is 70.0 Å². The number of aliphatic imine (C=N–C) groups is 1. The van der Waals surface area contributed by atoms with E-state index in [9.17, 15) is 17.6 Å². The predicted octanol–water partition coefficient (Wildman–Crippen LogP) is 1.75. The Bertz CT molecular complexity index is 844. The van der Waals surface area contributed by atoms with Crippen LogP contribution >= 0.6 is 27.7 Å². The molecule has 3 rings (SSSR count). The second-order valence-corrected chi connectivity index (χ2v) is 10.2. The number of fused-ring (bicyclic) bond motifs is 1. The lowest BCUT2D eigenvalue weighted by molar-refractivity contribution is -0.125. The van der Waals surface area contributed by atoms with Gasteiger partial charge in [0.1, 0.15) is 5.82 Å². The molecule has 1 fully saturated rings. The zero-order chi connectivity index (χ0) is 18.4. The van der Waals surface area contributed by atoms with Crippen LogP contribution < -0.4 is 4.90 Å². The highest BCUT2D eigenvalue weighted by Gasteiger charge is 2.47. The van der Waals surface area contributed by atoms with Crippen LogP contribution in [0.4, 0.5) is 10.1 Å². The average molecular weight is 450 g/mol. The van der Waals surface area contributed by atoms with Crippen LogP contribution in [0.5, 0.6) is 0 Å². The largest absolute Gasteiger partial charge is 0.348 e. The van der Waals surface area contributed by atoms with Gasteiger partial charge in [0.25, 0.3) is 0 Å². The lowest BCUT2D eigenvalue weighted by Crippen LogP contribution is -2.40. The fourth-order valence-electron chi connectivity index (χ4n) is 2.85. The van der Waals surface area contributed by atoms with E-state index in [1.54, 1.807) is 31.1 Å². The van der Waals surface area contributed by atoms with Crippen molar-refractivity contribution >= 4 is 54.3 Å². The molecule has 0 radical (unpaired) electrons. The first-order valence-electron chi connectivity index (χ1n) is 7.53. The van der Waals surface area contributed by atoms with Crippen LogP contribution in [0.2, 0.25) is 0 Å². The lowest BCUT2D eigenvalue weighted by Gasteiger charge is -2.27. The molecular formula is C15H17BrFN3O3S2. The minimum atomic E-state index is -3.20. The maximum atomic E-state index is 14.5. The molecule has 2 aliphatic heterocycles. The molecule has 1 saturated heterocycles. The summed E-state index contributed by atoms with van der Waals surface area (Å²) in [6.45, 7) is 0. The molecule has 0 spiro atoms. The Balaban J connectivity index is 1.93. The van der Waals surface area contributed by atoms with Crippen LogP contribution in [-0.4, -0.2) is 67.8 Å². The normalized spacial score (nSPS) is 24.2. The van der Waals surface area contributed by atoms with Crippen molar-refractivity contribution in [3.8, 4) is 0 Å². The zero-order valence-electron chi connectivity index (χ0n) is 13.6. The molecule has 2 aliphatic rings. The summed E-state index contributed by atoms with van der Waals surface area (Å²) in [5.41, 5.74) is 0.274. The van der Waals surface area contributed by atoms with Gasteiger partial charge in [0.15, 0.2) is 15.0 Å². The Hall–Kier alpha value is -1.13. The summed E-state index contributed by atoms with van der Waals surface area (Å²) >= 11 is 4.42. The first kappa shape index (κ1) is 18.7. The SMILES string of the molecule is CN(C)C(=O)CSC1=N[C@@H]2CS(=O)(=O)C[C@H]2N1c1ccc(Br)cc1F. The minimum absolute atomic E-state index is 0.0437. The third kappa shape index (κ3) is 3.85. The van der Waals surface area contributed by atoms with Crippen LogP contribution in [-0.2, 0) is 14.6 Å². The Morgan fingerprint density at radius 2 is 2.16 bits per heavy atom. The molecule has 25 heavy (non-hydrogen) atoms. The monoisotopic (exact) mass is 449 g/mol. The van der Waals surface area contributed by atoms with Crippen molar-refractivity contribution in [2.45, 2.75) is 12.1 Å². The molecule has 0 unspecified atom stereocenters. The Kier molecular flexibility index (Phi) is 5.13. The molecule has 0 N–H and O–H groups in total. The molecule has 1 aromatic rings. The Morgan fingerprint density at radius 1 is 1.44 bits per heavy atom. The average Bonchev–Trinajstić information content (AvgIpc) is 2.96. The quantitative estimate of drug-likeness (QED) is 0.702. The van der Waals surface area contributed by atoms with E-state index in [0.717, 1.165) is 0 Å². The summed E-state index contributed by atoms with van der Waals surface area (Å²) in [7, 11) is 0.119. The van der Waals surface area contributed by atoms with E-state index in [1.807, 2.05) is 0 Å². The smallest absolute Gasteiger partial charge is 0.232 e. The number of thioether (sulfide) groups is 1. The summed E-state index contributed by atoms with van der Waals surface area (Å²) in [4.78, 5) is 19.4. The summed E-state index contributed by atoms with van der Waals surface area (Å²) < 4.78 is 39.0. The van der Waals surface area contributed by atoms with Crippen molar-refractivity contribution < 1.29 is 17.6 Å². The second-order valence-electron chi connectivity index (χ2n) is 6.17. The molecule has 6 nitrogen and oxygen atoms in total. The summed E-state index contributed by atoms with van der Waals surface area (Å²) in [6, 6.07) is 3.76. The van der Waals surface area contributed by atoms with Crippen molar-refractivity contribution in [1.29, 1.82) is 0 Å². The summed E-state index contributed by atoms with van der Waals surface area (Å²) in [5.74, 6) is -0.507. The van der Waals surface area contributed by atoms with Gasteiger partial charge in [-0.15, -0.1) is 0 Å². The van der Waals surface area contributed by atoms with Crippen molar-refractivity contribution in [1.82, 2.24) is 4.90 Å². The van der Waals surface area contributed by atoms with E-state index in [1.165, 1.54) is 22.7 Å². The van der Waals surface area contributed by atoms with Crippen molar-refractivity contribution in [3.05, 3.63) is 28.5 Å². The number of carbonyl (C=O) groups is 1. The highest BCUT2D eigenvalue weighted by atomic mass is 79.9. The molecule has 2 heterocycles. The third-order valence-corrected chi connectivity index (χ3v) is 7.24. The molecule has 0 aromatic heterocycles. The van der Waals surface area contributed by atoms with E-state index >= 15 is 0 Å². The van der Waals surface area contributed by atoms with Gasteiger partial charge in [0, 0.05) is 18.6 Å². The number of halogens is 2. The van der Waals surface area contributed by atoms with Gasteiger partial charge in [-0.3, -0.25) is 9.79 Å². The Morgan fingerprint density at radius 3 is 2.80 bits per heavy atom. The van der Waals surface area contributed by atoms with E-state index in [-0.39, 0.29) is 28.9 Å². The molecule has 1 aromatic carbocycles. The number of amidine groups is 1. The summed E-state index contributed by atoms with van der Waals surface area (Å²) in [6.07, 6.45) is 0. The highest BCUT2D eigenvalue weighted by Crippen LogP contribution is 2.36. The fraction of sp³-hybridized carbons (Fsp3) is 0.467. The van der Waals surface area contributed by atoms with E-state index in [0.29, 0.717) is 9.64 Å². The number of carbonyl (C=O) groups excluding carboxylic acids is 1. The highest BCUT2D eigenvalue weighted by molar-refractivity contribution is 9.10. The summed E-state index contributed by atoms with van der Waals surface area (Å²) in [5, 5.41) is 0.487. The fourth-order valence-corrected chi connectivity index (χ4v) is 6.12. The van der Waals surface area contributed by atoms with E-state index in [4.69, 9.17) is 0 Å². The number of amides is 1. The molecule has 136 valence electrons. The number of nitrogens with zero attached hydrogens (tertiary/aromatic N) is 3. The van der Waals surface area contributed by atoms with Crippen molar-refractivity contribution in [2.75, 3.05) is 36.3 Å². The van der Waals surface area contributed by atoms with Gasteiger partial charge in [-0.1, -0.05) is 27.7 Å². The second kappa shape index (κ2) is 6.88. The minimum Gasteiger partial charge on any atom is -0.348 e. The molecule has 0 saturated carbocycles.